The molecule has 5 nitrogen and oxygen atoms in total. The first-order chi connectivity index (χ1) is 18.5. The Morgan fingerprint density at radius 3 is 2.55 bits per heavy atom. The maximum atomic E-state index is 13.7. The molecule has 1 fully saturated rings. The number of thioether (sulfide) groups is 1. The number of hydrogen-bond acceptors (Lipinski definition) is 5. The van der Waals surface area contributed by atoms with Crippen LogP contribution in [0.4, 0.5) is 0 Å². The summed E-state index contributed by atoms with van der Waals surface area (Å²) in [6, 6.07) is 28.4. The highest BCUT2D eigenvalue weighted by atomic mass is 32.2. The zero-order valence-corrected chi connectivity index (χ0v) is 23.7. The molecule has 1 aliphatic heterocycles. The number of nitrogens with zero attached hydrogens (tertiary/aromatic N) is 3. The highest BCUT2D eigenvalue weighted by molar-refractivity contribution is 8.03. The molecule has 1 aliphatic rings. The molecule has 0 bridgehead atoms. The largest absolute Gasteiger partial charge is 0.496 e. The highest BCUT2D eigenvalue weighted by Gasteiger charge is 2.38. The molecule has 0 spiro atoms. The highest BCUT2D eigenvalue weighted by Crippen LogP contribution is 2.38. The molecule has 0 radical (unpaired) electrons. The summed E-state index contributed by atoms with van der Waals surface area (Å²) in [4.78, 5) is 15.6. The predicted octanol–water partition coefficient (Wildman–Crippen LogP) is 6.43. The Bertz CT molecular complexity index is 1350. The van der Waals surface area contributed by atoms with Crippen LogP contribution in [-0.2, 0) is 4.79 Å². The number of ether oxygens (including phenoxy) is 1. The van der Waals surface area contributed by atoms with Gasteiger partial charge < -0.3 is 9.64 Å². The van der Waals surface area contributed by atoms with Gasteiger partial charge in [-0.15, -0.1) is 9.24 Å². The molecular formula is C31H32N3O2PS. The Morgan fingerprint density at radius 2 is 1.87 bits per heavy atom. The van der Waals surface area contributed by atoms with Gasteiger partial charge in [-0.3, -0.25) is 4.79 Å². The van der Waals surface area contributed by atoms with E-state index in [9.17, 15) is 15.3 Å². The second kappa shape index (κ2) is 13.0. The molecular weight excluding hydrogens is 509 g/mol. The number of carbonyl (C=O) groups excluding carboxylic acids is 1. The van der Waals surface area contributed by atoms with Crippen LogP contribution in [0.1, 0.15) is 41.9 Å². The first kappa shape index (κ1) is 27.7. The molecule has 0 aromatic heterocycles. The first-order valence-corrected chi connectivity index (χ1v) is 14.6. The van der Waals surface area contributed by atoms with E-state index in [0.29, 0.717) is 18.7 Å². The molecule has 5 atom stereocenters. The maximum absolute atomic E-state index is 13.7. The Hall–Kier alpha value is -3.31. The van der Waals surface area contributed by atoms with Gasteiger partial charge in [0.2, 0.25) is 5.91 Å². The number of hydrogen-bond donors (Lipinski definition) is 0. The normalized spacial score (nSPS) is 17.2. The standard InChI is InChI=1S/C31H32N3O2PS/c1-21(23-8-4-3-5-9-23)30(38-20-37)28(18-33)31(35)34-13-12-24(19-34)25-14-22(17-32)15-26(16-25)27-10-6-7-11-29(27)36-2/h3-11,14-16,21,24,28,30H,12-13,19-20,37H2,1-2H3. The minimum Gasteiger partial charge on any atom is -0.496 e. The van der Waals surface area contributed by atoms with Crippen molar-refractivity contribution in [2.75, 3.05) is 25.7 Å². The number of para-hydroxylation sites is 1. The fourth-order valence-corrected chi connectivity index (χ4v) is 6.98. The number of methoxy groups -OCH3 is 1. The van der Waals surface area contributed by atoms with Crippen LogP contribution < -0.4 is 4.74 Å². The minimum atomic E-state index is -0.732. The number of likely N-dealkylation sites (tertiary alicyclic amines) is 1. The van der Waals surface area contributed by atoms with Gasteiger partial charge in [0.05, 0.1) is 24.8 Å². The summed E-state index contributed by atoms with van der Waals surface area (Å²) in [7, 11) is 4.35. The lowest BCUT2D eigenvalue weighted by molar-refractivity contribution is -0.132. The van der Waals surface area contributed by atoms with Gasteiger partial charge in [0.1, 0.15) is 11.7 Å². The van der Waals surface area contributed by atoms with Crippen LogP contribution in [0.25, 0.3) is 11.1 Å². The quantitative estimate of drug-likeness (QED) is 0.292. The lowest BCUT2D eigenvalue weighted by atomic mass is 9.89. The van der Waals surface area contributed by atoms with Gasteiger partial charge in [0.15, 0.2) is 0 Å². The molecule has 7 heteroatoms. The van der Waals surface area contributed by atoms with Crippen molar-refractivity contribution in [2.24, 2.45) is 5.92 Å². The lowest BCUT2D eigenvalue weighted by Crippen LogP contribution is -2.40. The summed E-state index contributed by atoms with van der Waals surface area (Å²) in [5.41, 5.74) is 5.34. The van der Waals surface area contributed by atoms with Gasteiger partial charge in [-0.25, -0.2) is 0 Å². The van der Waals surface area contributed by atoms with E-state index < -0.39 is 5.92 Å². The monoisotopic (exact) mass is 541 g/mol. The minimum absolute atomic E-state index is 0.0597. The van der Waals surface area contributed by atoms with Crippen molar-refractivity contribution >= 4 is 26.9 Å². The van der Waals surface area contributed by atoms with E-state index in [4.69, 9.17) is 4.74 Å². The van der Waals surface area contributed by atoms with Gasteiger partial charge in [0.25, 0.3) is 0 Å². The molecule has 1 saturated heterocycles. The zero-order chi connectivity index (χ0) is 27.1. The van der Waals surface area contributed by atoms with Gasteiger partial charge in [-0.05, 0) is 47.2 Å². The Balaban J connectivity index is 1.57. The first-order valence-electron chi connectivity index (χ1n) is 12.7. The smallest absolute Gasteiger partial charge is 0.241 e. The van der Waals surface area contributed by atoms with Crippen LogP contribution in [-0.4, -0.2) is 41.8 Å². The summed E-state index contributed by atoms with van der Waals surface area (Å²) in [6.07, 6.45) is 0.791. The zero-order valence-electron chi connectivity index (χ0n) is 21.7. The molecule has 3 aromatic carbocycles. The van der Waals surface area contributed by atoms with E-state index in [1.54, 1.807) is 18.9 Å². The molecule has 4 rings (SSSR count). The van der Waals surface area contributed by atoms with Crippen LogP contribution >= 0.6 is 21.0 Å². The fourth-order valence-electron chi connectivity index (χ4n) is 5.28. The van der Waals surface area contributed by atoms with Crippen molar-refractivity contribution in [2.45, 2.75) is 30.4 Å². The number of benzene rings is 3. The van der Waals surface area contributed by atoms with E-state index in [2.05, 4.69) is 46.5 Å². The summed E-state index contributed by atoms with van der Waals surface area (Å²) in [5.74, 6) is 0.0712. The Labute approximate surface area is 232 Å². The van der Waals surface area contributed by atoms with Gasteiger partial charge in [-0.1, -0.05) is 61.5 Å². The van der Waals surface area contributed by atoms with E-state index in [1.165, 1.54) is 0 Å². The average molecular weight is 542 g/mol. The molecule has 0 N–H and O–H groups in total. The lowest BCUT2D eigenvalue weighted by Gasteiger charge is -2.29. The van der Waals surface area contributed by atoms with Crippen molar-refractivity contribution in [1.29, 1.82) is 10.5 Å². The molecule has 5 unspecified atom stereocenters. The van der Waals surface area contributed by atoms with Crippen molar-refractivity contribution in [1.82, 2.24) is 4.90 Å². The van der Waals surface area contributed by atoms with Crippen LogP contribution in [0.5, 0.6) is 5.75 Å². The SMILES string of the molecule is COc1ccccc1-c1cc(C#N)cc(C2CCN(C(=O)C(C#N)C(SCP)C(C)c3ccccc3)C2)c1. The fraction of sp³-hybridized carbons (Fsp3) is 0.323. The molecule has 1 heterocycles. The van der Waals surface area contributed by atoms with Crippen LogP contribution in [0.2, 0.25) is 0 Å². The average Bonchev–Trinajstić information content (AvgIpc) is 3.47. The summed E-state index contributed by atoms with van der Waals surface area (Å²) < 4.78 is 5.55. The second-order valence-corrected chi connectivity index (χ2v) is 11.7. The van der Waals surface area contributed by atoms with Crippen LogP contribution in [0.3, 0.4) is 0 Å². The summed E-state index contributed by atoms with van der Waals surface area (Å²) in [6.45, 7) is 3.24. The molecule has 0 saturated carbocycles. The Kier molecular flexibility index (Phi) is 9.46. The number of amides is 1. The van der Waals surface area contributed by atoms with Crippen LogP contribution in [0.15, 0.2) is 72.8 Å². The third-order valence-electron chi connectivity index (χ3n) is 7.31. The molecule has 1 amide bonds. The molecule has 0 aliphatic carbocycles. The Morgan fingerprint density at radius 1 is 1.13 bits per heavy atom. The summed E-state index contributed by atoms with van der Waals surface area (Å²) in [5, 5.41) is 19.7. The van der Waals surface area contributed by atoms with E-state index >= 15 is 0 Å². The van der Waals surface area contributed by atoms with E-state index in [1.807, 2.05) is 59.5 Å². The van der Waals surface area contributed by atoms with Crippen molar-refractivity contribution in [3.8, 4) is 29.0 Å². The topological polar surface area (TPSA) is 77.1 Å². The second-order valence-electron chi connectivity index (χ2n) is 9.53. The predicted molar refractivity (Wildman–Crippen MR) is 157 cm³/mol. The van der Waals surface area contributed by atoms with Crippen molar-refractivity contribution < 1.29 is 9.53 Å². The van der Waals surface area contributed by atoms with Gasteiger partial charge >= 0.3 is 0 Å². The maximum Gasteiger partial charge on any atom is 0.241 e. The van der Waals surface area contributed by atoms with Gasteiger partial charge in [0, 0.05) is 35.3 Å². The van der Waals surface area contributed by atoms with Crippen molar-refractivity contribution in [3.05, 3.63) is 89.5 Å². The van der Waals surface area contributed by atoms with E-state index in [0.717, 1.165) is 39.9 Å². The summed E-state index contributed by atoms with van der Waals surface area (Å²) >= 11 is 1.65. The van der Waals surface area contributed by atoms with Crippen molar-refractivity contribution in [3.63, 3.8) is 0 Å². The van der Waals surface area contributed by atoms with E-state index in [-0.39, 0.29) is 23.0 Å². The number of rotatable bonds is 9. The molecule has 3 aromatic rings. The van der Waals surface area contributed by atoms with Gasteiger partial charge in [-0.2, -0.15) is 22.3 Å². The third kappa shape index (κ3) is 6.05. The molecule has 194 valence electrons. The number of carbonyl (C=O) groups is 1. The third-order valence-corrected chi connectivity index (χ3v) is 9.15. The molecule has 38 heavy (non-hydrogen) atoms. The number of nitriles is 2. The van der Waals surface area contributed by atoms with Crippen LogP contribution in [0, 0.1) is 28.6 Å².